The van der Waals surface area contributed by atoms with E-state index in [0.717, 1.165) is 17.5 Å². The SMILES string of the molecule is O=C(CN(Cc1ccc(Cl)cc1)S(=O)(=O)c1ccc(Cl)cc1)N1CCc2ccccc2C1. The zero-order chi connectivity index (χ0) is 22.7. The molecule has 0 aliphatic carbocycles. The molecule has 0 fully saturated rings. The van der Waals surface area contributed by atoms with Gasteiger partial charge in [0, 0.05) is 29.7 Å². The van der Waals surface area contributed by atoms with Gasteiger partial charge >= 0.3 is 0 Å². The number of rotatable bonds is 6. The van der Waals surface area contributed by atoms with Gasteiger partial charge in [0.05, 0.1) is 11.4 Å². The first-order valence-electron chi connectivity index (χ1n) is 10.2. The minimum Gasteiger partial charge on any atom is -0.337 e. The number of carbonyl (C=O) groups excluding carboxylic acids is 1. The zero-order valence-corrected chi connectivity index (χ0v) is 19.6. The Morgan fingerprint density at radius 1 is 0.875 bits per heavy atom. The molecule has 8 heteroatoms. The van der Waals surface area contributed by atoms with Crippen LogP contribution in [0.15, 0.2) is 77.7 Å². The molecule has 32 heavy (non-hydrogen) atoms. The fourth-order valence-corrected chi connectivity index (χ4v) is 5.36. The van der Waals surface area contributed by atoms with Gasteiger partial charge in [0.15, 0.2) is 0 Å². The lowest BCUT2D eigenvalue weighted by Gasteiger charge is -2.31. The highest BCUT2D eigenvalue weighted by Gasteiger charge is 2.30. The minimum absolute atomic E-state index is 0.0539. The molecule has 1 heterocycles. The summed E-state index contributed by atoms with van der Waals surface area (Å²) in [6.07, 6.45) is 0.753. The number of hydrogen-bond donors (Lipinski definition) is 0. The summed E-state index contributed by atoms with van der Waals surface area (Å²) in [6, 6.07) is 20.9. The van der Waals surface area contributed by atoms with E-state index in [9.17, 15) is 13.2 Å². The third-order valence-electron chi connectivity index (χ3n) is 5.52. The van der Waals surface area contributed by atoms with E-state index in [1.807, 2.05) is 18.2 Å². The van der Waals surface area contributed by atoms with Crippen LogP contribution in [0, 0.1) is 0 Å². The third kappa shape index (κ3) is 5.15. The first kappa shape index (κ1) is 22.8. The molecule has 3 aromatic rings. The van der Waals surface area contributed by atoms with Crippen molar-refractivity contribution >= 4 is 39.1 Å². The maximum atomic E-state index is 13.4. The van der Waals surface area contributed by atoms with E-state index in [1.165, 1.54) is 34.1 Å². The van der Waals surface area contributed by atoms with E-state index in [1.54, 1.807) is 29.2 Å². The Labute approximate surface area is 198 Å². The van der Waals surface area contributed by atoms with Crippen molar-refractivity contribution in [3.63, 3.8) is 0 Å². The van der Waals surface area contributed by atoms with Gasteiger partial charge in [-0.2, -0.15) is 4.31 Å². The minimum atomic E-state index is -3.93. The van der Waals surface area contributed by atoms with Crippen molar-refractivity contribution in [1.82, 2.24) is 9.21 Å². The fraction of sp³-hybridized carbons (Fsp3) is 0.208. The monoisotopic (exact) mass is 488 g/mol. The van der Waals surface area contributed by atoms with Crippen LogP contribution in [-0.4, -0.2) is 36.6 Å². The van der Waals surface area contributed by atoms with E-state index < -0.39 is 10.0 Å². The van der Waals surface area contributed by atoms with E-state index in [-0.39, 0.29) is 23.9 Å². The lowest BCUT2D eigenvalue weighted by molar-refractivity contribution is -0.132. The molecule has 5 nitrogen and oxygen atoms in total. The Morgan fingerprint density at radius 3 is 2.12 bits per heavy atom. The molecule has 1 aliphatic rings. The van der Waals surface area contributed by atoms with Gasteiger partial charge in [0.2, 0.25) is 15.9 Å². The number of carbonyl (C=O) groups is 1. The molecule has 166 valence electrons. The molecule has 0 unspecified atom stereocenters. The number of fused-ring (bicyclic) bond motifs is 1. The molecule has 1 aliphatic heterocycles. The normalized spacial score (nSPS) is 13.8. The molecular formula is C24H22Cl2N2O3S. The van der Waals surface area contributed by atoms with Crippen LogP contribution < -0.4 is 0 Å². The second-order valence-electron chi connectivity index (χ2n) is 7.69. The van der Waals surface area contributed by atoms with Crippen LogP contribution in [0.4, 0.5) is 0 Å². The molecule has 0 spiro atoms. The van der Waals surface area contributed by atoms with Crippen LogP contribution in [0.3, 0.4) is 0 Å². The molecule has 3 aromatic carbocycles. The molecule has 0 saturated carbocycles. The van der Waals surface area contributed by atoms with Gasteiger partial charge < -0.3 is 4.90 Å². The summed E-state index contributed by atoms with van der Waals surface area (Å²) in [5.41, 5.74) is 3.06. The standard InChI is InChI=1S/C24H22Cl2N2O3S/c25-21-7-5-18(6-8-21)15-28(32(30,31)23-11-9-22(26)10-12-23)17-24(29)27-14-13-19-3-1-2-4-20(19)16-27/h1-12H,13-17H2. The van der Waals surface area contributed by atoms with Crippen LogP contribution in [-0.2, 0) is 34.3 Å². The zero-order valence-electron chi connectivity index (χ0n) is 17.2. The third-order valence-corrected chi connectivity index (χ3v) is 7.83. The Bertz CT molecular complexity index is 1210. The van der Waals surface area contributed by atoms with Crippen LogP contribution in [0.2, 0.25) is 10.0 Å². The highest BCUT2D eigenvalue weighted by Crippen LogP contribution is 2.23. The first-order chi connectivity index (χ1) is 15.3. The summed E-state index contributed by atoms with van der Waals surface area (Å²) < 4.78 is 28.0. The van der Waals surface area contributed by atoms with Gasteiger partial charge in [0.1, 0.15) is 0 Å². The highest BCUT2D eigenvalue weighted by molar-refractivity contribution is 7.89. The van der Waals surface area contributed by atoms with Gasteiger partial charge in [0.25, 0.3) is 0 Å². The summed E-state index contributed by atoms with van der Waals surface area (Å²) in [6.45, 7) is 0.838. The maximum Gasteiger partial charge on any atom is 0.243 e. The van der Waals surface area contributed by atoms with Gasteiger partial charge in [-0.3, -0.25) is 4.79 Å². The van der Waals surface area contributed by atoms with Crippen molar-refractivity contribution in [2.24, 2.45) is 0 Å². The molecular weight excluding hydrogens is 467 g/mol. The molecule has 1 amide bonds. The molecule has 0 aromatic heterocycles. The van der Waals surface area contributed by atoms with E-state index >= 15 is 0 Å². The Balaban J connectivity index is 1.59. The fourth-order valence-electron chi connectivity index (χ4n) is 3.73. The smallest absolute Gasteiger partial charge is 0.243 e. The van der Waals surface area contributed by atoms with Crippen molar-refractivity contribution in [3.8, 4) is 0 Å². The Hall–Kier alpha value is -2.38. The van der Waals surface area contributed by atoms with E-state index in [2.05, 4.69) is 6.07 Å². The molecule has 4 rings (SSSR count). The first-order valence-corrected chi connectivity index (χ1v) is 12.4. The van der Waals surface area contributed by atoms with Crippen LogP contribution in [0.5, 0.6) is 0 Å². The summed E-state index contributed by atoms with van der Waals surface area (Å²) in [5.74, 6) is -0.231. The number of hydrogen-bond acceptors (Lipinski definition) is 3. The van der Waals surface area contributed by atoms with Crippen LogP contribution in [0.1, 0.15) is 16.7 Å². The van der Waals surface area contributed by atoms with Crippen LogP contribution in [0.25, 0.3) is 0 Å². The van der Waals surface area contributed by atoms with Gasteiger partial charge in [-0.15, -0.1) is 0 Å². The number of benzene rings is 3. The predicted octanol–water partition coefficient (Wildman–Crippen LogP) is 4.77. The van der Waals surface area contributed by atoms with E-state index in [4.69, 9.17) is 23.2 Å². The van der Waals surface area contributed by atoms with Gasteiger partial charge in [-0.05, 0) is 59.5 Å². The lowest BCUT2D eigenvalue weighted by atomic mass is 10.00. The average Bonchev–Trinajstić information content (AvgIpc) is 2.80. The maximum absolute atomic E-state index is 13.4. The molecule has 0 saturated heterocycles. The Morgan fingerprint density at radius 2 is 1.47 bits per heavy atom. The summed E-state index contributed by atoms with van der Waals surface area (Å²) in [5, 5.41) is 1.00. The van der Waals surface area contributed by atoms with E-state index in [0.29, 0.717) is 23.1 Å². The number of halogens is 2. The van der Waals surface area contributed by atoms with Crippen molar-refractivity contribution in [2.45, 2.75) is 24.4 Å². The second kappa shape index (κ2) is 9.63. The lowest BCUT2D eigenvalue weighted by Crippen LogP contribution is -2.44. The summed E-state index contributed by atoms with van der Waals surface area (Å²) in [7, 11) is -3.93. The van der Waals surface area contributed by atoms with Gasteiger partial charge in [-0.1, -0.05) is 59.6 Å². The second-order valence-corrected chi connectivity index (χ2v) is 10.5. The topological polar surface area (TPSA) is 57.7 Å². The van der Waals surface area contributed by atoms with Gasteiger partial charge in [-0.25, -0.2) is 8.42 Å². The quantitative estimate of drug-likeness (QED) is 0.502. The Kier molecular flexibility index (Phi) is 6.86. The largest absolute Gasteiger partial charge is 0.337 e. The molecule has 0 radical (unpaired) electrons. The summed E-state index contributed by atoms with van der Waals surface area (Å²) in [4.78, 5) is 15.0. The summed E-state index contributed by atoms with van der Waals surface area (Å²) >= 11 is 11.9. The van der Waals surface area contributed by atoms with Crippen molar-refractivity contribution in [1.29, 1.82) is 0 Å². The number of nitrogens with zero attached hydrogens (tertiary/aromatic N) is 2. The number of sulfonamides is 1. The molecule has 0 bridgehead atoms. The molecule has 0 N–H and O–H groups in total. The van der Waals surface area contributed by atoms with Crippen molar-refractivity contribution in [3.05, 3.63) is 99.5 Å². The average molecular weight is 489 g/mol. The number of amides is 1. The molecule has 0 atom stereocenters. The van der Waals surface area contributed by atoms with Crippen molar-refractivity contribution < 1.29 is 13.2 Å². The van der Waals surface area contributed by atoms with Crippen LogP contribution >= 0.6 is 23.2 Å². The highest BCUT2D eigenvalue weighted by atomic mass is 35.5. The predicted molar refractivity (Wildman–Crippen MR) is 126 cm³/mol. The van der Waals surface area contributed by atoms with Crippen molar-refractivity contribution in [2.75, 3.05) is 13.1 Å².